The van der Waals surface area contributed by atoms with Crippen LogP contribution in [0.2, 0.25) is 0 Å². The maximum Gasteiger partial charge on any atom is 0.254 e. The van der Waals surface area contributed by atoms with Crippen molar-refractivity contribution in [1.82, 2.24) is 14.8 Å². The minimum absolute atomic E-state index is 0.101. The van der Waals surface area contributed by atoms with Gasteiger partial charge in [-0.05, 0) is 66.5 Å². The molecule has 6 rings (SSSR count). The molecule has 0 radical (unpaired) electrons. The van der Waals surface area contributed by atoms with Crippen molar-refractivity contribution in [3.05, 3.63) is 71.9 Å². The largest absolute Gasteiger partial charge is 0.457 e. The zero-order valence-electron chi connectivity index (χ0n) is 19.6. The lowest BCUT2D eigenvalue weighted by atomic mass is 10.1. The third-order valence-electron chi connectivity index (χ3n) is 6.99. The van der Waals surface area contributed by atoms with Gasteiger partial charge in [-0.15, -0.1) is 0 Å². The molecule has 3 aromatic rings. The van der Waals surface area contributed by atoms with Gasteiger partial charge in [0.25, 0.3) is 5.91 Å². The first kappa shape index (κ1) is 21.9. The minimum atomic E-state index is -1.07. The molecular formula is C28H28N4O3. The Labute approximate surface area is 204 Å². The maximum atomic E-state index is 12.3. The lowest BCUT2D eigenvalue weighted by Gasteiger charge is -2.35. The average Bonchev–Trinajstić information content (AvgIpc) is 3.40. The fourth-order valence-electron chi connectivity index (χ4n) is 4.67. The lowest BCUT2D eigenvalue weighted by Crippen LogP contribution is -2.51. The molecule has 3 heterocycles. The van der Waals surface area contributed by atoms with Crippen LogP contribution in [0.25, 0.3) is 16.5 Å². The van der Waals surface area contributed by atoms with E-state index in [-0.39, 0.29) is 5.91 Å². The highest BCUT2D eigenvalue weighted by atomic mass is 16.5. The van der Waals surface area contributed by atoms with Crippen LogP contribution in [0.15, 0.2) is 65.7 Å². The first-order chi connectivity index (χ1) is 17.1. The molecule has 7 heteroatoms. The second-order valence-corrected chi connectivity index (χ2v) is 9.57. The number of pyridine rings is 1. The number of hydrogen-bond donors (Lipinski definition) is 1. The van der Waals surface area contributed by atoms with Gasteiger partial charge in [-0.1, -0.05) is 18.2 Å². The van der Waals surface area contributed by atoms with Gasteiger partial charge in [0.15, 0.2) is 0 Å². The summed E-state index contributed by atoms with van der Waals surface area (Å²) in [4.78, 5) is 25.5. The third-order valence-corrected chi connectivity index (χ3v) is 6.99. The molecule has 2 aromatic carbocycles. The number of amides is 1. The van der Waals surface area contributed by atoms with Crippen LogP contribution < -0.4 is 4.74 Å². The second kappa shape index (κ2) is 8.91. The molecule has 1 saturated heterocycles. The van der Waals surface area contributed by atoms with E-state index in [1.807, 2.05) is 42.6 Å². The molecule has 1 aliphatic carbocycles. The van der Waals surface area contributed by atoms with Gasteiger partial charge in [0.2, 0.25) is 0 Å². The summed E-state index contributed by atoms with van der Waals surface area (Å²) in [5.41, 5.74) is 3.25. The number of piperazine rings is 1. The van der Waals surface area contributed by atoms with Crippen molar-refractivity contribution in [2.24, 2.45) is 4.99 Å². The van der Waals surface area contributed by atoms with Crippen molar-refractivity contribution >= 4 is 28.6 Å². The molecule has 2 fully saturated rings. The smallest absolute Gasteiger partial charge is 0.254 e. The van der Waals surface area contributed by atoms with E-state index in [0.717, 1.165) is 54.3 Å². The number of carbonyl (C=O) groups excluding carboxylic acids is 1. The highest BCUT2D eigenvalue weighted by Crippen LogP contribution is 2.37. The van der Waals surface area contributed by atoms with Crippen LogP contribution in [0, 0.1) is 0 Å². The Morgan fingerprint density at radius 2 is 1.74 bits per heavy atom. The zero-order chi connectivity index (χ0) is 23.8. The first-order valence-corrected chi connectivity index (χ1v) is 12.2. The predicted molar refractivity (Wildman–Crippen MR) is 136 cm³/mol. The molecule has 0 unspecified atom stereocenters. The normalized spacial score (nSPS) is 19.1. The van der Waals surface area contributed by atoms with E-state index in [9.17, 15) is 9.90 Å². The molecule has 178 valence electrons. The number of hydrogen-bond acceptors (Lipinski definition) is 6. The molecule has 1 saturated carbocycles. The molecule has 0 spiro atoms. The Kier molecular flexibility index (Phi) is 5.59. The molecule has 35 heavy (non-hydrogen) atoms. The van der Waals surface area contributed by atoms with Crippen LogP contribution in [0.1, 0.15) is 24.1 Å². The van der Waals surface area contributed by atoms with E-state index in [4.69, 9.17) is 9.72 Å². The van der Waals surface area contributed by atoms with Crippen LogP contribution >= 0.6 is 0 Å². The number of ether oxygens (including phenoxy) is 1. The first-order valence-electron chi connectivity index (χ1n) is 12.2. The van der Waals surface area contributed by atoms with E-state index in [1.165, 1.54) is 11.1 Å². The topological polar surface area (TPSA) is 78.3 Å². The van der Waals surface area contributed by atoms with Gasteiger partial charge in [0.05, 0.1) is 17.8 Å². The molecule has 3 aliphatic rings. The minimum Gasteiger partial charge on any atom is -0.457 e. The van der Waals surface area contributed by atoms with Gasteiger partial charge in [-0.25, -0.2) is 0 Å². The Bertz CT molecular complexity index is 1320. The van der Waals surface area contributed by atoms with Crippen LogP contribution in [0.3, 0.4) is 0 Å². The average molecular weight is 469 g/mol. The molecule has 0 atom stereocenters. The fourth-order valence-corrected chi connectivity index (χ4v) is 4.67. The van der Waals surface area contributed by atoms with Crippen molar-refractivity contribution in [3.63, 3.8) is 0 Å². The van der Waals surface area contributed by atoms with Crippen molar-refractivity contribution in [1.29, 1.82) is 0 Å². The number of benzene rings is 2. The number of nitrogens with zero attached hydrogens (tertiary/aromatic N) is 4. The Morgan fingerprint density at radius 1 is 0.971 bits per heavy atom. The van der Waals surface area contributed by atoms with E-state index in [2.05, 4.69) is 34.2 Å². The zero-order valence-corrected chi connectivity index (χ0v) is 19.6. The van der Waals surface area contributed by atoms with Gasteiger partial charge in [-0.2, -0.15) is 0 Å². The highest BCUT2D eigenvalue weighted by molar-refractivity contribution is 5.90. The molecule has 1 aromatic heterocycles. The van der Waals surface area contributed by atoms with Crippen molar-refractivity contribution in [2.45, 2.75) is 25.0 Å². The SMILES string of the molecule is O=C(N1CCN(Cc2ccc3cc(Oc4ccc(C5=CC=NC5)cc4)ccc3n2)CC1)C1(O)CC1. The van der Waals surface area contributed by atoms with Crippen molar-refractivity contribution in [2.75, 3.05) is 32.7 Å². The summed E-state index contributed by atoms with van der Waals surface area (Å²) in [5.74, 6) is 1.47. The summed E-state index contributed by atoms with van der Waals surface area (Å²) in [5, 5.41) is 11.1. The number of aromatic nitrogens is 1. The van der Waals surface area contributed by atoms with Gasteiger partial charge in [-0.3, -0.25) is 19.7 Å². The van der Waals surface area contributed by atoms with Gasteiger partial charge in [0, 0.05) is 44.3 Å². The quantitative estimate of drug-likeness (QED) is 0.597. The van der Waals surface area contributed by atoms with Gasteiger partial charge < -0.3 is 14.7 Å². The molecule has 1 amide bonds. The summed E-state index contributed by atoms with van der Waals surface area (Å²) in [7, 11) is 0. The standard InChI is InChI=1S/C28H28N4O3/c33-27(28(34)10-11-28)32-15-13-31(14-16-32)19-23-4-1-21-17-25(7-8-26(21)30-23)35-24-5-2-20(3-6-24)22-9-12-29-18-22/h1-9,12,17,34H,10-11,13-16,18-19H2. The Hall–Kier alpha value is -3.55. The van der Waals surface area contributed by atoms with E-state index < -0.39 is 5.60 Å². The number of carbonyl (C=O) groups is 1. The summed E-state index contributed by atoms with van der Waals surface area (Å²) in [6.45, 7) is 4.37. The van der Waals surface area contributed by atoms with Crippen LogP contribution in [-0.4, -0.2) is 70.3 Å². The molecule has 1 N–H and O–H groups in total. The van der Waals surface area contributed by atoms with Crippen LogP contribution in [0.5, 0.6) is 11.5 Å². The van der Waals surface area contributed by atoms with Gasteiger partial charge in [0.1, 0.15) is 17.1 Å². The van der Waals surface area contributed by atoms with Crippen LogP contribution in [0.4, 0.5) is 0 Å². The number of allylic oxidation sites excluding steroid dienone is 1. The number of fused-ring (bicyclic) bond motifs is 1. The molecule has 7 nitrogen and oxygen atoms in total. The summed E-state index contributed by atoms with van der Waals surface area (Å²) in [6, 6.07) is 18.2. The number of aliphatic hydroxyl groups is 1. The summed E-state index contributed by atoms with van der Waals surface area (Å²) in [6.07, 6.45) is 5.08. The van der Waals surface area contributed by atoms with Crippen LogP contribution in [-0.2, 0) is 11.3 Å². The van der Waals surface area contributed by atoms with E-state index in [0.29, 0.717) is 25.9 Å². The lowest BCUT2D eigenvalue weighted by molar-refractivity contribution is -0.144. The summed E-state index contributed by atoms with van der Waals surface area (Å²) >= 11 is 0. The van der Waals surface area contributed by atoms with Crippen molar-refractivity contribution < 1.29 is 14.6 Å². The molecule has 2 aliphatic heterocycles. The monoisotopic (exact) mass is 468 g/mol. The summed E-state index contributed by atoms with van der Waals surface area (Å²) < 4.78 is 6.08. The van der Waals surface area contributed by atoms with E-state index >= 15 is 0 Å². The highest BCUT2D eigenvalue weighted by Gasteiger charge is 2.50. The Morgan fingerprint density at radius 3 is 2.46 bits per heavy atom. The molecule has 0 bridgehead atoms. The predicted octanol–water partition coefficient (Wildman–Crippen LogP) is 3.66. The third kappa shape index (κ3) is 4.70. The Balaban J connectivity index is 1.07. The maximum absolute atomic E-state index is 12.3. The fraction of sp³-hybridized carbons (Fsp3) is 0.321. The second-order valence-electron chi connectivity index (χ2n) is 9.57. The number of aliphatic imine (C=N–C) groups is 1. The van der Waals surface area contributed by atoms with E-state index in [1.54, 1.807) is 4.90 Å². The number of rotatable bonds is 6. The molecular weight excluding hydrogens is 440 g/mol. The van der Waals surface area contributed by atoms with Gasteiger partial charge >= 0.3 is 0 Å². The van der Waals surface area contributed by atoms with Crippen molar-refractivity contribution in [3.8, 4) is 11.5 Å².